The number of halogens is 4. The zero-order valence-corrected chi connectivity index (χ0v) is 20.2. The van der Waals surface area contributed by atoms with E-state index in [9.17, 15) is 17.6 Å². The minimum absolute atomic E-state index is 0.242. The van der Waals surface area contributed by atoms with E-state index < -0.39 is 24.0 Å². The van der Waals surface area contributed by atoms with Gasteiger partial charge in [-0.05, 0) is 63.7 Å². The van der Waals surface area contributed by atoms with Crippen LogP contribution < -0.4 is 15.4 Å². The van der Waals surface area contributed by atoms with Crippen LogP contribution in [-0.4, -0.2) is 42.6 Å². The van der Waals surface area contributed by atoms with Crippen molar-refractivity contribution < 1.29 is 22.3 Å². The number of allylic oxidation sites excluding steroid dienone is 1. The first-order chi connectivity index (χ1) is 16.0. The highest BCUT2D eigenvalue weighted by molar-refractivity contribution is 5.99. The monoisotopic (exact) mass is 481 g/mol. The first kappa shape index (κ1) is 27.1. The first-order valence-electron chi connectivity index (χ1n) is 10.8. The van der Waals surface area contributed by atoms with Gasteiger partial charge in [-0.15, -0.1) is 0 Å². The number of ether oxygens (including phenoxy) is 1. The second-order valence-corrected chi connectivity index (χ2v) is 7.75. The quantitative estimate of drug-likeness (QED) is 0.261. The molecule has 0 amide bonds. The Labute approximate surface area is 197 Å². The molecule has 0 aliphatic heterocycles. The minimum Gasteiger partial charge on any atom is -0.497 e. The highest BCUT2D eigenvalue weighted by atomic mass is 19.4. The van der Waals surface area contributed by atoms with E-state index in [0.29, 0.717) is 35.8 Å². The second kappa shape index (κ2) is 11.8. The van der Waals surface area contributed by atoms with Crippen LogP contribution in [0.5, 0.6) is 5.75 Å². The molecule has 0 aliphatic rings. The number of anilines is 1. The molecule has 1 aromatic carbocycles. The molecule has 10 heteroatoms. The van der Waals surface area contributed by atoms with E-state index in [0.717, 1.165) is 17.8 Å². The molecular weight excluding hydrogens is 450 g/mol. The average Bonchev–Trinajstić information content (AvgIpc) is 2.81. The molecule has 34 heavy (non-hydrogen) atoms. The van der Waals surface area contributed by atoms with Gasteiger partial charge in [0.15, 0.2) is 6.29 Å². The summed E-state index contributed by atoms with van der Waals surface area (Å²) in [6.45, 7) is 8.16. The number of methoxy groups -OCH3 is 1. The molecular formula is C24H31F4N5O. The summed E-state index contributed by atoms with van der Waals surface area (Å²) in [6.07, 6.45) is -3.36. The summed E-state index contributed by atoms with van der Waals surface area (Å²) in [5.74, 6) is 0.458. The summed E-state index contributed by atoms with van der Waals surface area (Å²) in [6, 6.07) is 6.76. The third kappa shape index (κ3) is 7.44. The fourth-order valence-electron chi connectivity index (χ4n) is 2.94. The van der Waals surface area contributed by atoms with Crippen molar-refractivity contribution in [2.75, 3.05) is 26.0 Å². The lowest BCUT2D eigenvalue weighted by Gasteiger charge is -2.28. The topological polar surface area (TPSA) is 61.8 Å². The SMILES string of the molecule is CC/C(C)=C(\Nc1ccnc(C(F)(F)F)c1)NC(N=C(C)c1cc(F)cc(OC)c1)N(C)CC. The van der Waals surface area contributed by atoms with E-state index in [1.807, 2.05) is 32.7 Å². The molecule has 1 atom stereocenters. The van der Waals surface area contributed by atoms with Gasteiger partial charge in [0.2, 0.25) is 0 Å². The van der Waals surface area contributed by atoms with Gasteiger partial charge in [-0.25, -0.2) is 9.38 Å². The maximum atomic E-state index is 14.0. The molecule has 1 heterocycles. The number of hydrogen-bond acceptors (Lipinski definition) is 6. The Kier molecular flexibility index (Phi) is 9.43. The number of aromatic nitrogens is 1. The summed E-state index contributed by atoms with van der Waals surface area (Å²) in [5.41, 5.74) is 1.27. The smallest absolute Gasteiger partial charge is 0.433 e. The molecule has 0 radical (unpaired) electrons. The number of nitrogens with zero attached hydrogens (tertiary/aromatic N) is 3. The van der Waals surface area contributed by atoms with Crippen molar-refractivity contribution >= 4 is 11.4 Å². The van der Waals surface area contributed by atoms with Crippen LogP contribution in [-0.2, 0) is 6.18 Å². The van der Waals surface area contributed by atoms with Crippen molar-refractivity contribution in [3.63, 3.8) is 0 Å². The minimum atomic E-state index is -4.55. The molecule has 0 bridgehead atoms. The van der Waals surface area contributed by atoms with Crippen LogP contribution in [0.4, 0.5) is 23.2 Å². The largest absolute Gasteiger partial charge is 0.497 e. The predicted molar refractivity (Wildman–Crippen MR) is 126 cm³/mol. The predicted octanol–water partition coefficient (Wildman–Crippen LogP) is 5.64. The van der Waals surface area contributed by atoms with Crippen LogP contribution in [0.1, 0.15) is 45.4 Å². The van der Waals surface area contributed by atoms with Gasteiger partial charge in [0.25, 0.3) is 0 Å². The maximum Gasteiger partial charge on any atom is 0.433 e. The van der Waals surface area contributed by atoms with E-state index >= 15 is 0 Å². The Hall–Kier alpha value is -3.14. The van der Waals surface area contributed by atoms with Crippen LogP contribution in [0.3, 0.4) is 0 Å². The van der Waals surface area contributed by atoms with E-state index in [1.165, 1.54) is 25.3 Å². The van der Waals surface area contributed by atoms with Crippen LogP contribution in [0.2, 0.25) is 0 Å². The second-order valence-electron chi connectivity index (χ2n) is 7.75. The number of alkyl halides is 3. The standard InChI is InChI=1S/C24H31F4N5O/c1-7-15(3)22(31-19-9-10-29-21(14-19)24(26,27)28)32-23(33(5)8-2)30-16(4)17-11-18(25)13-20(12-17)34-6/h9-14,23,32H,7-8H2,1-6H3,(H,29,31)/b22-15+,30-16?. The number of benzene rings is 1. The Morgan fingerprint density at radius 3 is 2.47 bits per heavy atom. The number of hydrogen-bond donors (Lipinski definition) is 2. The van der Waals surface area contributed by atoms with Crippen LogP contribution >= 0.6 is 0 Å². The van der Waals surface area contributed by atoms with E-state index in [1.54, 1.807) is 13.0 Å². The van der Waals surface area contributed by atoms with Crippen molar-refractivity contribution in [3.8, 4) is 5.75 Å². The third-order valence-electron chi connectivity index (χ3n) is 5.31. The molecule has 0 saturated carbocycles. The lowest BCUT2D eigenvalue weighted by Crippen LogP contribution is -2.44. The van der Waals surface area contributed by atoms with E-state index in [-0.39, 0.29) is 5.69 Å². The molecule has 0 spiro atoms. The normalized spacial score (nSPS) is 14.0. The molecule has 0 fully saturated rings. The Morgan fingerprint density at radius 1 is 1.18 bits per heavy atom. The highest BCUT2D eigenvalue weighted by Gasteiger charge is 2.32. The van der Waals surface area contributed by atoms with Crippen molar-refractivity contribution in [1.29, 1.82) is 0 Å². The molecule has 6 nitrogen and oxygen atoms in total. The number of nitrogens with one attached hydrogen (secondary N) is 2. The lowest BCUT2D eigenvalue weighted by atomic mass is 10.1. The zero-order chi connectivity index (χ0) is 25.5. The first-order valence-corrected chi connectivity index (χ1v) is 10.8. The van der Waals surface area contributed by atoms with Crippen molar-refractivity contribution in [2.24, 2.45) is 4.99 Å². The van der Waals surface area contributed by atoms with Crippen molar-refractivity contribution in [3.05, 3.63) is 65.0 Å². The van der Waals surface area contributed by atoms with Gasteiger partial charge < -0.3 is 15.4 Å². The van der Waals surface area contributed by atoms with E-state index in [2.05, 4.69) is 15.6 Å². The summed E-state index contributed by atoms with van der Waals surface area (Å²) in [7, 11) is 3.31. The van der Waals surface area contributed by atoms with Gasteiger partial charge in [0, 0.05) is 29.2 Å². The lowest BCUT2D eigenvalue weighted by molar-refractivity contribution is -0.141. The van der Waals surface area contributed by atoms with Crippen LogP contribution in [0, 0.1) is 5.82 Å². The molecule has 1 unspecified atom stereocenters. The Balaban J connectivity index is 2.40. The average molecular weight is 482 g/mol. The van der Waals surface area contributed by atoms with Gasteiger partial charge in [-0.2, -0.15) is 13.2 Å². The van der Waals surface area contributed by atoms with Crippen LogP contribution in [0.25, 0.3) is 0 Å². The van der Waals surface area contributed by atoms with Gasteiger partial charge in [0.05, 0.1) is 7.11 Å². The van der Waals surface area contributed by atoms with Gasteiger partial charge in [-0.3, -0.25) is 9.88 Å². The molecule has 0 aliphatic carbocycles. The summed E-state index contributed by atoms with van der Waals surface area (Å²) < 4.78 is 58.4. The molecule has 2 rings (SSSR count). The van der Waals surface area contributed by atoms with E-state index in [4.69, 9.17) is 9.73 Å². The number of rotatable bonds is 10. The fraction of sp³-hybridized carbons (Fsp3) is 0.417. The van der Waals surface area contributed by atoms with Gasteiger partial charge in [0.1, 0.15) is 23.1 Å². The van der Waals surface area contributed by atoms with Gasteiger partial charge in [-0.1, -0.05) is 13.8 Å². The molecule has 186 valence electrons. The Morgan fingerprint density at radius 2 is 1.88 bits per heavy atom. The molecule has 2 N–H and O–H groups in total. The van der Waals surface area contributed by atoms with Crippen molar-refractivity contribution in [2.45, 2.75) is 46.6 Å². The fourth-order valence-corrected chi connectivity index (χ4v) is 2.94. The molecule has 1 aromatic heterocycles. The summed E-state index contributed by atoms with van der Waals surface area (Å²) >= 11 is 0. The summed E-state index contributed by atoms with van der Waals surface area (Å²) in [5, 5.41) is 6.33. The zero-order valence-electron chi connectivity index (χ0n) is 20.2. The number of pyridine rings is 1. The maximum absolute atomic E-state index is 14.0. The van der Waals surface area contributed by atoms with Crippen LogP contribution in [0.15, 0.2) is 52.9 Å². The molecule has 0 saturated heterocycles. The third-order valence-corrected chi connectivity index (χ3v) is 5.31. The highest BCUT2D eigenvalue weighted by Crippen LogP contribution is 2.29. The number of aliphatic imine (C=N–C) groups is 1. The molecule has 2 aromatic rings. The summed E-state index contributed by atoms with van der Waals surface area (Å²) in [4.78, 5) is 10.1. The Bertz CT molecular complexity index is 1040. The van der Waals surface area contributed by atoms with Crippen molar-refractivity contribution in [1.82, 2.24) is 15.2 Å². The van der Waals surface area contributed by atoms with Gasteiger partial charge >= 0.3 is 6.18 Å².